The Morgan fingerprint density at radius 2 is 1.00 bits per heavy atom. The number of nitrogens with two attached hydrogens (primary N) is 5. The summed E-state index contributed by atoms with van der Waals surface area (Å²) in [5.74, 6) is -0.968. The topological polar surface area (TPSA) is 167 Å². The van der Waals surface area contributed by atoms with Gasteiger partial charge in [0.25, 0.3) is 0 Å². The predicted molar refractivity (Wildman–Crippen MR) is 52.9 cm³/mol. The van der Waals surface area contributed by atoms with E-state index in [4.69, 9.17) is 28.0 Å². The Kier molecular flexibility index (Phi) is 31.4. The van der Waals surface area contributed by atoms with Gasteiger partial charge in [0.1, 0.15) is 0 Å². The minimum Gasteiger partial charge on any atom is -0.480 e. The highest BCUT2D eigenvalue weighted by Crippen LogP contribution is 1.43. The molecule has 0 heterocycles. The summed E-state index contributed by atoms with van der Waals surface area (Å²) in [4.78, 5) is 9.24. The first-order valence-corrected chi connectivity index (χ1v) is 3.82. The molecular formula is C6H21N5O2. The molecule has 0 aromatic heterocycles. The van der Waals surface area contributed by atoms with Crippen LogP contribution in [0, 0.1) is 0 Å². The third kappa shape index (κ3) is 90.6. The minimum atomic E-state index is -0.968. The van der Waals surface area contributed by atoms with Crippen molar-refractivity contribution in [3.8, 4) is 0 Å². The number of carboxylic acid groups (broad SMARTS) is 1. The van der Waals surface area contributed by atoms with Crippen LogP contribution >= 0.6 is 0 Å². The SMILES string of the molecule is NCC(=O)O.NCCN.NCCN. The van der Waals surface area contributed by atoms with E-state index in [-0.39, 0.29) is 6.54 Å². The van der Waals surface area contributed by atoms with E-state index in [1.54, 1.807) is 0 Å². The van der Waals surface area contributed by atoms with Crippen molar-refractivity contribution in [2.24, 2.45) is 28.7 Å². The van der Waals surface area contributed by atoms with Gasteiger partial charge in [-0.3, -0.25) is 4.79 Å². The Balaban J connectivity index is -0.000000117. The van der Waals surface area contributed by atoms with Gasteiger partial charge in [-0.05, 0) is 0 Å². The van der Waals surface area contributed by atoms with Gasteiger partial charge in [0, 0.05) is 26.2 Å². The number of hydrogen-bond acceptors (Lipinski definition) is 6. The zero-order chi connectivity index (χ0) is 11.1. The van der Waals surface area contributed by atoms with Crippen LogP contribution in [-0.4, -0.2) is 43.8 Å². The number of carboxylic acids is 1. The summed E-state index contributed by atoms with van der Waals surface area (Å²) in [6.07, 6.45) is 0. The second-order valence-corrected chi connectivity index (χ2v) is 1.75. The van der Waals surface area contributed by atoms with Gasteiger partial charge in [-0.15, -0.1) is 0 Å². The second kappa shape index (κ2) is 22.5. The molecule has 0 unspecified atom stereocenters. The van der Waals surface area contributed by atoms with Gasteiger partial charge in [-0.1, -0.05) is 0 Å². The lowest BCUT2D eigenvalue weighted by atomic mass is 10.7. The van der Waals surface area contributed by atoms with Crippen molar-refractivity contribution in [1.82, 2.24) is 0 Å². The Morgan fingerprint density at radius 1 is 0.846 bits per heavy atom. The monoisotopic (exact) mass is 195 g/mol. The Hall–Kier alpha value is -0.730. The van der Waals surface area contributed by atoms with Gasteiger partial charge in [0.05, 0.1) is 6.54 Å². The lowest BCUT2D eigenvalue weighted by Crippen LogP contribution is -2.11. The molecule has 0 saturated heterocycles. The van der Waals surface area contributed by atoms with E-state index in [2.05, 4.69) is 5.73 Å². The normalized spacial score (nSPS) is 7.46. The van der Waals surface area contributed by atoms with Crippen molar-refractivity contribution in [1.29, 1.82) is 0 Å². The van der Waals surface area contributed by atoms with Crippen molar-refractivity contribution in [3.05, 3.63) is 0 Å². The molecule has 0 aliphatic heterocycles. The fourth-order valence-electron chi connectivity index (χ4n) is 0. The molecule has 0 aliphatic carbocycles. The van der Waals surface area contributed by atoms with Crippen LogP contribution in [0.3, 0.4) is 0 Å². The van der Waals surface area contributed by atoms with Crippen LogP contribution in [0.1, 0.15) is 0 Å². The Bertz CT molecular complexity index is 83.1. The van der Waals surface area contributed by atoms with Gasteiger partial charge in [-0.25, -0.2) is 0 Å². The van der Waals surface area contributed by atoms with Crippen molar-refractivity contribution in [3.63, 3.8) is 0 Å². The molecule has 0 aromatic carbocycles. The maximum atomic E-state index is 9.24. The second-order valence-electron chi connectivity index (χ2n) is 1.75. The summed E-state index contributed by atoms with van der Waals surface area (Å²) in [5, 5.41) is 7.60. The molecule has 0 spiro atoms. The highest BCUT2D eigenvalue weighted by Gasteiger charge is 1.81. The van der Waals surface area contributed by atoms with E-state index < -0.39 is 5.97 Å². The average Bonchev–Trinajstić information content (AvgIpc) is 2.18. The molecule has 13 heavy (non-hydrogen) atoms. The maximum absolute atomic E-state index is 9.24. The molecule has 7 heteroatoms. The Morgan fingerprint density at radius 3 is 1.00 bits per heavy atom. The molecule has 0 bridgehead atoms. The van der Waals surface area contributed by atoms with Gasteiger partial charge < -0.3 is 33.8 Å². The standard InChI is InChI=1S/2C2H8N2.C2H5NO2/c2*3-1-2-4;3-1-2(4)5/h2*1-4H2;1,3H2,(H,4,5). The van der Waals surface area contributed by atoms with E-state index in [9.17, 15) is 4.79 Å². The lowest BCUT2D eigenvalue weighted by molar-refractivity contribution is -0.135. The molecule has 11 N–H and O–H groups in total. The summed E-state index contributed by atoms with van der Waals surface area (Å²) in [6, 6.07) is 0. The summed E-state index contributed by atoms with van der Waals surface area (Å²) in [6.45, 7) is 2.11. The van der Waals surface area contributed by atoms with Crippen molar-refractivity contribution >= 4 is 5.97 Å². The molecule has 0 aromatic rings. The van der Waals surface area contributed by atoms with Crippen molar-refractivity contribution in [2.45, 2.75) is 0 Å². The molecule has 0 rings (SSSR count). The molecule has 82 valence electrons. The van der Waals surface area contributed by atoms with Crippen molar-refractivity contribution < 1.29 is 9.90 Å². The van der Waals surface area contributed by atoms with Crippen LogP contribution in [0.15, 0.2) is 0 Å². The fraction of sp³-hybridized carbons (Fsp3) is 0.833. The van der Waals surface area contributed by atoms with E-state index in [1.165, 1.54) is 0 Å². The van der Waals surface area contributed by atoms with Crippen LogP contribution in [0.2, 0.25) is 0 Å². The minimum absolute atomic E-state index is 0.278. The first kappa shape index (κ1) is 18.1. The number of hydrogen-bond donors (Lipinski definition) is 6. The third-order valence-corrected chi connectivity index (χ3v) is 0.508. The zero-order valence-electron chi connectivity index (χ0n) is 7.78. The maximum Gasteiger partial charge on any atom is 0.317 e. The molecule has 0 radical (unpaired) electrons. The molecule has 0 fully saturated rings. The first-order valence-electron chi connectivity index (χ1n) is 3.82. The number of carbonyl (C=O) groups is 1. The zero-order valence-corrected chi connectivity index (χ0v) is 7.78. The summed E-state index contributed by atoms with van der Waals surface area (Å²) >= 11 is 0. The first-order chi connectivity index (χ1) is 6.10. The van der Waals surface area contributed by atoms with E-state index in [0.717, 1.165) is 0 Å². The highest BCUT2D eigenvalue weighted by molar-refractivity contribution is 5.68. The average molecular weight is 195 g/mol. The van der Waals surface area contributed by atoms with Crippen LogP contribution in [0.25, 0.3) is 0 Å². The van der Waals surface area contributed by atoms with Gasteiger partial charge >= 0.3 is 5.97 Å². The summed E-state index contributed by atoms with van der Waals surface area (Å²) in [7, 11) is 0. The van der Waals surface area contributed by atoms with Crippen LogP contribution in [-0.2, 0) is 4.79 Å². The van der Waals surface area contributed by atoms with E-state index >= 15 is 0 Å². The molecular weight excluding hydrogens is 174 g/mol. The molecule has 0 saturated carbocycles. The van der Waals surface area contributed by atoms with E-state index in [0.29, 0.717) is 26.2 Å². The van der Waals surface area contributed by atoms with Crippen LogP contribution in [0.5, 0.6) is 0 Å². The Labute approximate surface area is 78.2 Å². The molecule has 0 atom stereocenters. The van der Waals surface area contributed by atoms with Crippen LogP contribution in [0.4, 0.5) is 0 Å². The van der Waals surface area contributed by atoms with E-state index in [1.807, 2.05) is 0 Å². The molecule has 0 aliphatic rings. The highest BCUT2D eigenvalue weighted by atomic mass is 16.4. The van der Waals surface area contributed by atoms with Crippen LogP contribution < -0.4 is 28.7 Å². The van der Waals surface area contributed by atoms with Gasteiger partial charge in [0.2, 0.25) is 0 Å². The molecule has 0 amide bonds. The van der Waals surface area contributed by atoms with Gasteiger partial charge in [-0.2, -0.15) is 0 Å². The summed E-state index contributed by atoms with van der Waals surface area (Å²) < 4.78 is 0. The number of aliphatic carboxylic acids is 1. The van der Waals surface area contributed by atoms with Crippen molar-refractivity contribution in [2.75, 3.05) is 32.7 Å². The quantitative estimate of drug-likeness (QED) is 0.276. The largest absolute Gasteiger partial charge is 0.480 e. The smallest absolute Gasteiger partial charge is 0.317 e. The predicted octanol–water partition coefficient (Wildman–Crippen LogP) is -3.16. The third-order valence-electron chi connectivity index (χ3n) is 0.508. The number of rotatable bonds is 3. The lowest BCUT2D eigenvalue weighted by Gasteiger charge is -1.73. The molecule has 7 nitrogen and oxygen atoms in total. The summed E-state index contributed by atoms with van der Waals surface area (Å²) in [5.41, 5.74) is 24.2. The van der Waals surface area contributed by atoms with Gasteiger partial charge in [0.15, 0.2) is 0 Å². The fourth-order valence-corrected chi connectivity index (χ4v) is 0.